The molecular formula is C24H21F3N2O2. The number of hydrogen-bond donors (Lipinski definition) is 1. The molecule has 1 saturated heterocycles. The van der Waals surface area contributed by atoms with E-state index in [0.717, 1.165) is 0 Å². The van der Waals surface area contributed by atoms with E-state index in [1.54, 1.807) is 84.9 Å². The molecule has 31 heavy (non-hydrogen) atoms. The molecule has 3 atom stereocenters. The Morgan fingerprint density at radius 1 is 0.903 bits per heavy atom. The number of ketones is 1. The molecular weight excluding hydrogens is 405 g/mol. The van der Waals surface area contributed by atoms with Crippen molar-refractivity contribution in [3.63, 3.8) is 0 Å². The molecule has 4 rings (SSSR count). The second-order valence-electron chi connectivity index (χ2n) is 7.33. The van der Waals surface area contributed by atoms with Gasteiger partial charge in [0.1, 0.15) is 17.8 Å². The Kier molecular flexibility index (Phi) is 5.69. The van der Waals surface area contributed by atoms with Crippen LogP contribution in [0.4, 0.5) is 18.9 Å². The van der Waals surface area contributed by atoms with E-state index in [2.05, 4.69) is 5.43 Å². The minimum atomic E-state index is -4.55. The lowest BCUT2D eigenvalue weighted by molar-refractivity contribution is -0.155. The second-order valence-corrected chi connectivity index (χ2v) is 7.33. The number of hydrazine groups is 1. The van der Waals surface area contributed by atoms with Crippen LogP contribution in [0.1, 0.15) is 21.8 Å². The van der Waals surface area contributed by atoms with Gasteiger partial charge in [0.05, 0.1) is 12.8 Å². The third-order valence-corrected chi connectivity index (χ3v) is 5.47. The lowest BCUT2D eigenvalue weighted by Crippen LogP contribution is -2.46. The van der Waals surface area contributed by atoms with Crippen molar-refractivity contribution in [1.82, 2.24) is 5.43 Å². The predicted octanol–water partition coefficient (Wildman–Crippen LogP) is 4.99. The van der Waals surface area contributed by atoms with Gasteiger partial charge in [0, 0.05) is 11.5 Å². The lowest BCUT2D eigenvalue weighted by Gasteiger charge is -2.28. The fourth-order valence-electron chi connectivity index (χ4n) is 4.01. The molecule has 1 aliphatic heterocycles. The van der Waals surface area contributed by atoms with Gasteiger partial charge in [0.15, 0.2) is 5.78 Å². The van der Waals surface area contributed by atoms with E-state index < -0.39 is 30.0 Å². The summed E-state index contributed by atoms with van der Waals surface area (Å²) in [5.41, 5.74) is 3.83. The first kappa shape index (κ1) is 20.9. The molecule has 0 spiro atoms. The van der Waals surface area contributed by atoms with Crippen LogP contribution >= 0.6 is 0 Å². The minimum absolute atomic E-state index is 0.317. The predicted molar refractivity (Wildman–Crippen MR) is 112 cm³/mol. The first-order chi connectivity index (χ1) is 14.9. The number of Topliss-reactive ketones (excluding diaryl/α,β-unsaturated/α-hetero) is 1. The van der Waals surface area contributed by atoms with Crippen molar-refractivity contribution in [3.8, 4) is 5.75 Å². The van der Waals surface area contributed by atoms with Crippen LogP contribution in [0.15, 0.2) is 84.9 Å². The maximum atomic E-state index is 14.1. The smallest absolute Gasteiger partial charge is 0.406 e. The summed E-state index contributed by atoms with van der Waals surface area (Å²) in [5, 5.41) is 1.35. The number of nitrogens with zero attached hydrogens (tertiary/aromatic N) is 1. The van der Waals surface area contributed by atoms with Crippen molar-refractivity contribution in [2.45, 2.75) is 24.2 Å². The monoisotopic (exact) mass is 426 g/mol. The highest BCUT2D eigenvalue weighted by Gasteiger charge is 2.57. The van der Waals surface area contributed by atoms with Crippen LogP contribution in [0.5, 0.6) is 5.75 Å². The molecule has 3 aromatic rings. The first-order valence-electron chi connectivity index (χ1n) is 9.80. The molecule has 1 N–H and O–H groups in total. The van der Waals surface area contributed by atoms with Gasteiger partial charge in [-0.1, -0.05) is 48.5 Å². The molecule has 0 saturated carbocycles. The van der Waals surface area contributed by atoms with Crippen LogP contribution in [0.3, 0.4) is 0 Å². The Morgan fingerprint density at radius 2 is 1.48 bits per heavy atom. The number of alkyl halides is 3. The van der Waals surface area contributed by atoms with Gasteiger partial charge in [0.2, 0.25) is 0 Å². The number of para-hydroxylation sites is 1. The number of ether oxygens (including phenoxy) is 1. The number of carbonyl (C=O) groups excluding carboxylic acids is 1. The molecule has 0 unspecified atom stereocenters. The lowest BCUT2D eigenvalue weighted by atomic mass is 9.83. The second kappa shape index (κ2) is 8.43. The fourth-order valence-corrected chi connectivity index (χ4v) is 4.01. The fraction of sp³-hybridized carbons (Fsp3) is 0.208. The molecule has 0 aromatic heterocycles. The molecule has 0 aliphatic carbocycles. The molecule has 0 amide bonds. The van der Waals surface area contributed by atoms with Crippen LogP contribution in [-0.4, -0.2) is 31.2 Å². The van der Waals surface area contributed by atoms with E-state index in [1.807, 2.05) is 0 Å². The summed E-state index contributed by atoms with van der Waals surface area (Å²) in [6.07, 6.45) is -4.55. The van der Waals surface area contributed by atoms with Gasteiger partial charge in [-0.15, -0.1) is 0 Å². The summed E-state index contributed by atoms with van der Waals surface area (Å²) >= 11 is 0. The molecule has 1 aliphatic rings. The summed E-state index contributed by atoms with van der Waals surface area (Å²) < 4.78 is 47.5. The highest BCUT2D eigenvalue weighted by atomic mass is 19.4. The van der Waals surface area contributed by atoms with Crippen LogP contribution in [0.25, 0.3) is 0 Å². The third-order valence-electron chi connectivity index (χ3n) is 5.47. The van der Waals surface area contributed by atoms with Crippen molar-refractivity contribution < 1.29 is 22.7 Å². The largest absolute Gasteiger partial charge is 0.497 e. The number of anilines is 1. The number of methoxy groups -OCH3 is 1. The summed E-state index contributed by atoms with van der Waals surface area (Å²) in [5.74, 6) is -0.968. The Hall–Kier alpha value is -3.32. The van der Waals surface area contributed by atoms with Gasteiger partial charge in [0.25, 0.3) is 0 Å². The Labute approximate surface area is 178 Å². The zero-order valence-corrected chi connectivity index (χ0v) is 16.7. The average Bonchev–Trinajstić information content (AvgIpc) is 3.21. The normalized spacial score (nSPS) is 21.2. The van der Waals surface area contributed by atoms with E-state index in [-0.39, 0.29) is 0 Å². The quantitative estimate of drug-likeness (QED) is 0.584. The molecule has 7 heteroatoms. The molecule has 0 radical (unpaired) electrons. The van der Waals surface area contributed by atoms with Crippen LogP contribution < -0.4 is 15.2 Å². The summed E-state index contributed by atoms with van der Waals surface area (Å²) in [6, 6.07) is 20.4. The number of halogens is 3. The SMILES string of the molecule is COc1ccc(C(=O)[C@@H]2[C@@H](c3ccccc3)[C@H](C(F)(F)F)NN2c2ccccc2)cc1. The topological polar surface area (TPSA) is 41.6 Å². The van der Waals surface area contributed by atoms with Crippen molar-refractivity contribution in [2.24, 2.45) is 0 Å². The Bertz CT molecular complexity index is 1020. The van der Waals surface area contributed by atoms with Gasteiger partial charge in [-0.05, 0) is 42.0 Å². The first-order valence-corrected chi connectivity index (χ1v) is 9.80. The maximum absolute atomic E-state index is 14.1. The van der Waals surface area contributed by atoms with Crippen LogP contribution in [-0.2, 0) is 0 Å². The van der Waals surface area contributed by atoms with Crippen molar-refractivity contribution in [3.05, 3.63) is 96.1 Å². The highest BCUT2D eigenvalue weighted by Crippen LogP contribution is 2.42. The van der Waals surface area contributed by atoms with Gasteiger partial charge >= 0.3 is 6.18 Å². The number of benzene rings is 3. The maximum Gasteiger partial charge on any atom is 0.406 e. The molecule has 1 heterocycles. The third kappa shape index (κ3) is 4.14. The molecule has 160 valence electrons. The zero-order valence-electron chi connectivity index (χ0n) is 16.7. The Balaban J connectivity index is 1.84. The summed E-state index contributed by atoms with van der Waals surface area (Å²) in [4.78, 5) is 13.6. The van der Waals surface area contributed by atoms with Crippen LogP contribution in [0.2, 0.25) is 0 Å². The summed E-state index contributed by atoms with van der Waals surface area (Å²) in [6.45, 7) is 0. The Morgan fingerprint density at radius 3 is 2.03 bits per heavy atom. The standard InChI is InChI=1S/C24H21F3N2O2/c1-31-19-14-12-17(13-15-19)22(30)21-20(16-8-4-2-5-9-16)23(24(25,26)27)28-29(21)18-10-6-3-7-11-18/h2-15,20-21,23,28H,1H3/t20-,21+,23-/m1/s1. The van der Waals surface area contributed by atoms with E-state index in [9.17, 15) is 18.0 Å². The van der Waals surface area contributed by atoms with Crippen molar-refractivity contribution in [2.75, 3.05) is 12.1 Å². The van der Waals surface area contributed by atoms with E-state index in [1.165, 1.54) is 12.1 Å². The average molecular weight is 426 g/mol. The number of carbonyl (C=O) groups is 1. The van der Waals surface area contributed by atoms with Gasteiger partial charge in [-0.2, -0.15) is 13.2 Å². The highest BCUT2D eigenvalue weighted by molar-refractivity contribution is 6.03. The number of rotatable bonds is 5. The van der Waals surface area contributed by atoms with E-state index in [4.69, 9.17) is 4.74 Å². The van der Waals surface area contributed by atoms with Crippen molar-refractivity contribution in [1.29, 1.82) is 0 Å². The zero-order chi connectivity index (χ0) is 22.0. The molecule has 0 bridgehead atoms. The molecule has 3 aromatic carbocycles. The van der Waals surface area contributed by atoms with E-state index >= 15 is 0 Å². The van der Waals surface area contributed by atoms with Crippen molar-refractivity contribution >= 4 is 11.5 Å². The number of nitrogens with one attached hydrogen (secondary N) is 1. The minimum Gasteiger partial charge on any atom is -0.497 e. The number of hydrogen-bond acceptors (Lipinski definition) is 4. The summed E-state index contributed by atoms with van der Waals surface area (Å²) in [7, 11) is 1.51. The van der Waals surface area contributed by atoms with Gasteiger partial charge < -0.3 is 4.74 Å². The molecule has 4 nitrogen and oxygen atoms in total. The van der Waals surface area contributed by atoms with Gasteiger partial charge in [-0.3, -0.25) is 9.80 Å². The van der Waals surface area contributed by atoms with E-state index in [0.29, 0.717) is 22.6 Å². The van der Waals surface area contributed by atoms with Crippen LogP contribution in [0, 0.1) is 0 Å². The molecule has 1 fully saturated rings. The van der Waals surface area contributed by atoms with Gasteiger partial charge in [-0.25, -0.2) is 5.43 Å².